The lowest BCUT2D eigenvalue weighted by Crippen LogP contribution is -2.32. The second-order valence-electron chi connectivity index (χ2n) is 7.10. The van der Waals surface area contributed by atoms with Crippen LogP contribution in [0.4, 0.5) is 0 Å². The normalized spacial score (nSPS) is 17.7. The fourth-order valence-electron chi connectivity index (χ4n) is 3.53. The smallest absolute Gasteiger partial charge is 0.226 e. The number of hydrogen-bond acceptors (Lipinski definition) is 4. The molecule has 0 aliphatic carbocycles. The van der Waals surface area contributed by atoms with Gasteiger partial charge in [0.15, 0.2) is 0 Å². The van der Waals surface area contributed by atoms with E-state index >= 15 is 0 Å². The molecule has 1 aromatic heterocycles. The van der Waals surface area contributed by atoms with Crippen LogP contribution in [0.15, 0.2) is 65.3 Å². The molecule has 1 fully saturated rings. The van der Waals surface area contributed by atoms with Crippen LogP contribution in [0.2, 0.25) is 0 Å². The van der Waals surface area contributed by atoms with Gasteiger partial charge in [-0.1, -0.05) is 48.0 Å². The summed E-state index contributed by atoms with van der Waals surface area (Å²) in [5, 5.41) is 3.63. The third kappa shape index (κ3) is 4.21. The van der Waals surface area contributed by atoms with Crippen molar-refractivity contribution < 1.29 is 4.42 Å². The van der Waals surface area contributed by atoms with E-state index in [1.165, 1.54) is 17.5 Å². The molecule has 4 rings (SSSR count). The van der Waals surface area contributed by atoms with E-state index in [0.717, 1.165) is 37.4 Å². The van der Waals surface area contributed by atoms with Crippen LogP contribution in [0, 0.1) is 6.92 Å². The van der Waals surface area contributed by atoms with Gasteiger partial charge in [0.25, 0.3) is 0 Å². The monoisotopic (exact) mass is 347 g/mol. The molecule has 1 unspecified atom stereocenters. The molecule has 2 aromatic carbocycles. The zero-order valence-corrected chi connectivity index (χ0v) is 15.2. The van der Waals surface area contributed by atoms with Crippen molar-refractivity contribution in [3.05, 3.63) is 77.7 Å². The van der Waals surface area contributed by atoms with Crippen LogP contribution in [0.1, 0.15) is 23.2 Å². The zero-order chi connectivity index (χ0) is 17.8. The van der Waals surface area contributed by atoms with Crippen molar-refractivity contribution in [2.45, 2.75) is 32.5 Å². The molecule has 3 aromatic rings. The summed E-state index contributed by atoms with van der Waals surface area (Å²) in [5.41, 5.74) is 4.59. The van der Waals surface area contributed by atoms with Gasteiger partial charge in [-0.2, -0.15) is 0 Å². The summed E-state index contributed by atoms with van der Waals surface area (Å²) >= 11 is 0. The highest BCUT2D eigenvalue weighted by Gasteiger charge is 2.22. The van der Waals surface area contributed by atoms with E-state index < -0.39 is 0 Å². The Balaban J connectivity index is 1.29. The summed E-state index contributed by atoms with van der Waals surface area (Å²) in [6.07, 6.45) is 2.94. The molecule has 1 aliphatic heterocycles. The number of nitrogens with zero attached hydrogens (tertiary/aromatic N) is 2. The van der Waals surface area contributed by atoms with Gasteiger partial charge in [-0.25, -0.2) is 4.98 Å². The molecule has 1 aliphatic rings. The van der Waals surface area contributed by atoms with Crippen LogP contribution in [-0.4, -0.2) is 29.0 Å². The molecule has 4 nitrogen and oxygen atoms in total. The molecule has 4 heteroatoms. The maximum atomic E-state index is 5.66. The Hall–Kier alpha value is -2.43. The first-order chi connectivity index (χ1) is 12.8. The van der Waals surface area contributed by atoms with Crippen molar-refractivity contribution in [3.63, 3.8) is 0 Å². The minimum Gasteiger partial charge on any atom is -0.444 e. The lowest BCUT2D eigenvalue weighted by molar-refractivity contribution is 0.319. The highest BCUT2D eigenvalue weighted by atomic mass is 16.3. The topological polar surface area (TPSA) is 41.3 Å². The highest BCUT2D eigenvalue weighted by molar-refractivity contribution is 5.54. The number of aromatic nitrogens is 1. The van der Waals surface area contributed by atoms with E-state index in [1.807, 2.05) is 12.1 Å². The molecule has 1 atom stereocenters. The molecule has 0 spiro atoms. The number of oxazole rings is 1. The van der Waals surface area contributed by atoms with Gasteiger partial charge in [-0.3, -0.25) is 4.90 Å². The lowest BCUT2D eigenvalue weighted by Gasteiger charge is -2.16. The number of hydrogen-bond donors (Lipinski definition) is 1. The van der Waals surface area contributed by atoms with Crippen molar-refractivity contribution in [1.82, 2.24) is 15.2 Å². The molecule has 0 saturated carbocycles. The van der Waals surface area contributed by atoms with Gasteiger partial charge in [-0.05, 0) is 31.0 Å². The van der Waals surface area contributed by atoms with Gasteiger partial charge in [0, 0.05) is 37.8 Å². The zero-order valence-electron chi connectivity index (χ0n) is 15.2. The molecule has 134 valence electrons. The fraction of sp³-hybridized carbons (Fsp3) is 0.318. The van der Waals surface area contributed by atoms with E-state index in [0.29, 0.717) is 11.9 Å². The van der Waals surface area contributed by atoms with Crippen LogP contribution in [-0.2, 0) is 13.1 Å². The van der Waals surface area contributed by atoms with Gasteiger partial charge in [-0.15, -0.1) is 0 Å². The molecular formula is C22H25N3O. The highest BCUT2D eigenvalue weighted by Crippen LogP contribution is 2.20. The Morgan fingerprint density at radius 2 is 2.04 bits per heavy atom. The van der Waals surface area contributed by atoms with E-state index in [9.17, 15) is 0 Å². The van der Waals surface area contributed by atoms with Crippen molar-refractivity contribution >= 4 is 0 Å². The van der Waals surface area contributed by atoms with Crippen molar-refractivity contribution in [3.8, 4) is 11.5 Å². The Morgan fingerprint density at radius 1 is 1.15 bits per heavy atom. The first kappa shape index (κ1) is 17.0. The molecule has 1 saturated heterocycles. The maximum absolute atomic E-state index is 5.66. The van der Waals surface area contributed by atoms with Crippen LogP contribution in [0.25, 0.3) is 11.5 Å². The Labute approximate surface area is 154 Å². The number of likely N-dealkylation sites (tertiary alicyclic amines) is 1. The number of benzene rings is 2. The molecule has 0 bridgehead atoms. The molecule has 0 radical (unpaired) electrons. The minimum atomic E-state index is 0.512. The van der Waals surface area contributed by atoms with Gasteiger partial charge in [0.05, 0.1) is 5.69 Å². The summed E-state index contributed by atoms with van der Waals surface area (Å²) in [7, 11) is 0. The Kier molecular flexibility index (Phi) is 5.14. The van der Waals surface area contributed by atoms with E-state index in [4.69, 9.17) is 4.42 Å². The standard InChI is InChI=1S/C22H25N3O/c1-17-6-5-9-19(12-17)22-24-21(16-26-22)13-23-20-10-11-25(15-20)14-18-7-3-2-4-8-18/h2-9,12,16,20,23H,10-11,13-15H2,1H3. The predicted octanol–water partition coefficient (Wildman–Crippen LogP) is 4.01. The minimum absolute atomic E-state index is 0.512. The van der Waals surface area contributed by atoms with Crippen LogP contribution in [0.3, 0.4) is 0 Å². The van der Waals surface area contributed by atoms with Gasteiger partial charge in [0.2, 0.25) is 5.89 Å². The summed E-state index contributed by atoms with van der Waals surface area (Å²) in [6.45, 7) is 6.08. The average Bonchev–Trinajstić information content (AvgIpc) is 3.30. The summed E-state index contributed by atoms with van der Waals surface area (Å²) in [4.78, 5) is 7.13. The van der Waals surface area contributed by atoms with Crippen molar-refractivity contribution in [1.29, 1.82) is 0 Å². The van der Waals surface area contributed by atoms with Crippen LogP contribution < -0.4 is 5.32 Å². The third-order valence-corrected chi connectivity index (χ3v) is 4.91. The second-order valence-corrected chi connectivity index (χ2v) is 7.10. The lowest BCUT2D eigenvalue weighted by atomic mass is 10.1. The fourth-order valence-corrected chi connectivity index (χ4v) is 3.53. The van der Waals surface area contributed by atoms with Gasteiger partial charge < -0.3 is 9.73 Å². The quantitative estimate of drug-likeness (QED) is 0.731. The Morgan fingerprint density at radius 3 is 2.88 bits per heavy atom. The van der Waals surface area contributed by atoms with E-state index in [1.54, 1.807) is 6.26 Å². The maximum Gasteiger partial charge on any atom is 0.226 e. The number of aryl methyl sites for hydroxylation is 1. The SMILES string of the molecule is Cc1cccc(-c2nc(CNC3CCN(Cc4ccccc4)C3)co2)c1. The molecule has 26 heavy (non-hydrogen) atoms. The van der Waals surface area contributed by atoms with E-state index in [-0.39, 0.29) is 0 Å². The summed E-state index contributed by atoms with van der Waals surface area (Å²) in [5.74, 6) is 0.697. The Bertz CT molecular complexity index is 843. The molecular weight excluding hydrogens is 322 g/mol. The third-order valence-electron chi connectivity index (χ3n) is 4.91. The molecule has 1 N–H and O–H groups in total. The van der Waals surface area contributed by atoms with Crippen LogP contribution in [0.5, 0.6) is 0 Å². The summed E-state index contributed by atoms with van der Waals surface area (Å²) < 4.78 is 5.66. The summed E-state index contributed by atoms with van der Waals surface area (Å²) in [6, 6.07) is 19.4. The van der Waals surface area contributed by atoms with Gasteiger partial charge in [0.1, 0.15) is 6.26 Å². The number of nitrogens with one attached hydrogen (secondary N) is 1. The largest absolute Gasteiger partial charge is 0.444 e. The predicted molar refractivity (Wildman–Crippen MR) is 104 cm³/mol. The van der Waals surface area contributed by atoms with E-state index in [2.05, 4.69) is 64.6 Å². The number of rotatable bonds is 6. The van der Waals surface area contributed by atoms with Crippen LogP contribution >= 0.6 is 0 Å². The average molecular weight is 347 g/mol. The first-order valence-corrected chi connectivity index (χ1v) is 9.27. The molecule has 2 heterocycles. The van der Waals surface area contributed by atoms with Crippen molar-refractivity contribution in [2.75, 3.05) is 13.1 Å². The van der Waals surface area contributed by atoms with Gasteiger partial charge >= 0.3 is 0 Å². The molecule has 0 amide bonds. The first-order valence-electron chi connectivity index (χ1n) is 9.27. The second kappa shape index (κ2) is 7.85. The van der Waals surface area contributed by atoms with Crippen molar-refractivity contribution in [2.24, 2.45) is 0 Å².